The van der Waals surface area contributed by atoms with Crippen LogP contribution in [0.15, 0.2) is 0 Å². The van der Waals surface area contributed by atoms with Crippen molar-refractivity contribution in [1.29, 1.82) is 0 Å². The van der Waals surface area contributed by atoms with E-state index in [0.717, 1.165) is 6.42 Å². The number of carbonyl (C=O) groups is 1. The van der Waals surface area contributed by atoms with Crippen LogP contribution in [0.1, 0.15) is 26.7 Å². The Bertz CT molecular complexity index is 125. The summed E-state index contributed by atoms with van der Waals surface area (Å²) in [6.07, 6.45) is 1.11. The van der Waals surface area contributed by atoms with Crippen molar-refractivity contribution in [3.05, 3.63) is 0 Å². The molecule has 0 rings (SSSR count). The fraction of sp³-hybridized carbons (Fsp3) is 0.875. The smallest absolute Gasteiger partial charge is 0.303 e. The summed E-state index contributed by atoms with van der Waals surface area (Å²) in [6.45, 7) is 4.62. The predicted molar refractivity (Wildman–Crippen MR) is 47.9 cm³/mol. The highest BCUT2D eigenvalue weighted by Crippen LogP contribution is 2.13. The van der Waals surface area contributed by atoms with Gasteiger partial charge < -0.3 is 16.3 Å². The molecule has 0 bridgehead atoms. The molecule has 0 aliphatic rings. The molecule has 74 valence electrons. The van der Waals surface area contributed by atoms with Crippen molar-refractivity contribution >= 4 is 5.97 Å². The van der Waals surface area contributed by atoms with E-state index >= 15 is 0 Å². The molecule has 0 heterocycles. The maximum Gasteiger partial charge on any atom is 0.303 e. The SMILES string of the molecule is CC(C)CC(CN)CC(=O)O.O. The van der Waals surface area contributed by atoms with Crippen LogP contribution in [-0.4, -0.2) is 23.1 Å². The first-order valence-corrected chi connectivity index (χ1v) is 3.98. The Kier molecular flexibility index (Phi) is 8.21. The second-order valence-electron chi connectivity index (χ2n) is 3.33. The Labute approximate surface area is 73.1 Å². The van der Waals surface area contributed by atoms with E-state index in [4.69, 9.17) is 10.8 Å². The summed E-state index contributed by atoms with van der Waals surface area (Å²) in [7, 11) is 0. The van der Waals surface area contributed by atoms with Gasteiger partial charge in [0.1, 0.15) is 0 Å². The molecule has 0 aliphatic carbocycles. The normalized spacial score (nSPS) is 12.3. The van der Waals surface area contributed by atoms with Crippen LogP contribution >= 0.6 is 0 Å². The minimum absolute atomic E-state index is 0. The number of hydrogen-bond donors (Lipinski definition) is 2. The van der Waals surface area contributed by atoms with Crippen LogP contribution in [-0.2, 0) is 4.79 Å². The summed E-state index contributed by atoms with van der Waals surface area (Å²) in [5.41, 5.74) is 5.41. The molecule has 4 nitrogen and oxygen atoms in total. The lowest BCUT2D eigenvalue weighted by Crippen LogP contribution is -2.19. The van der Waals surface area contributed by atoms with Gasteiger partial charge >= 0.3 is 5.97 Å². The van der Waals surface area contributed by atoms with Crippen molar-refractivity contribution in [1.82, 2.24) is 0 Å². The van der Waals surface area contributed by atoms with Gasteiger partial charge in [-0.2, -0.15) is 0 Å². The van der Waals surface area contributed by atoms with Crippen molar-refractivity contribution in [2.45, 2.75) is 26.7 Å². The first-order chi connectivity index (χ1) is 5.06. The maximum absolute atomic E-state index is 10.3. The molecule has 4 heteroatoms. The van der Waals surface area contributed by atoms with Crippen molar-refractivity contribution < 1.29 is 15.4 Å². The highest BCUT2D eigenvalue weighted by atomic mass is 16.4. The maximum atomic E-state index is 10.3. The van der Waals surface area contributed by atoms with Crippen LogP contribution in [0.2, 0.25) is 0 Å². The average molecular weight is 177 g/mol. The predicted octanol–water partition coefficient (Wildman–Crippen LogP) is 0.257. The molecular formula is C8H19NO3. The molecule has 12 heavy (non-hydrogen) atoms. The zero-order valence-electron chi connectivity index (χ0n) is 7.71. The third-order valence-corrected chi connectivity index (χ3v) is 1.60. The zero-order valence-corrected chi connectivity index (χ0v) is 7.71. The summed E-state index contributed by atoms with van der Waals surface area (Å²) < 4.78 is 0. The van der Waals surface area contributed by atoms with Crippen molar-refractivity contribution in [2.24, 2.45) is 17.6 Å². The third-order valence-electron chi connectivity index (χ3n) is 1.60. The third kappa shape index (κ3) is 7.50. The summed E-state index contributed by atoms with van der Waals surface area (Å²) in [4.78, 5) is 10.3. The van der Waals surface area contributed by atoms with Crippen LogP contribution in [0.25, 0.3) is 0 Å². The van der Waals surface area contributed by atoms with Gasteiger partial charge in [-0.15, -0.1) is 0 Å². The molecule has 0 fully saturated rings. The Balaban J connectivity index is 0. The molecule has 1 unspecified atom stereocenters. The highest BCUT2D eigenvalue weighted by Gasteiger charge is 2.12. The van der Waals surface area contributed by atoms with E-state index in [1.54, 1.807) is 0 Å². The fourth-order valence-electron chi connectivity index (χ4n) is 1.18. The number of carboxylic acid groups (broad SMARTS) is 1. The molecule has 0 radical (unpaired) electrons. The Hall–Kier alpha value is -0.610. The number of carboxylic acids is 1. The molecule has 5 N–H and O–H groups in total. The summed E-state index contributed by atoms with van der Waals surface area (Å²) in [5.74, 6) is -0.0727. The lowest BCUT2D eigenvalue weighted by Gasteiger charge is -2.13. The minimum Gasteiger partial charge on any atom is -0.481 e. The van der Waals surface area contributed by atoms with Gasteiger partial charge in [0.15, 0.2) is 0 Å². The molecule has 0 saturated heterocycles. The standard InChI is InChI=1S/C8H17NO2.H2O/c1-6(2)3-7(5-9)4-8(10)11;/h6-7H,3-5,9H2,1-2H3,(H,10,11);1H2. The van der Waals surface area contributed by atoms with Crippen molar-refractivity contribution in [3.63, 3.8) is 0 Å². The second-order valence-corrected chi connectivity index (χ2v) is 3.33. The van der Waals surface area contributed by atoms with Gasteiger partial charge in [-0.25, -0.2) is 0 Å². The van der Waals surface area contributed by atoms with Gasteiger partial charge in [-0.05, 0) is 24.8 Å². The number of aliphatic carboxylic acids is 1. The van der Waals surface area contributed by atoms with E-state index in [9.17, 15) is 4.79 Å². The van der Waals surface area contributed by atoms with E-state index < -0.39 is 5.97 Å². The Morgan fingerprint density at radius 2 is 2.00 bits per heavy atom. The van der Waals surface area contributed by atoms with Gasteiger partial charge in [-0.3, -0.25) is 4.79 Å². The lowest BCUT2D eigenvalue weighted by molar-refractivity contribution is -0.138. The van der Waals surface area contributed by atoms with Crippen LogP contribution in [0.4, 0.5) is 0 Å². The molecule has 0 aromatic carbocycles. The van der Waals surface area contributed by atoms with Gasteiger partial charge in [0.2, 0.25) is 0 Å². The van der Waals surface area contributed by atoms with E-state index in [0.29, 0.717) is 12.5 Å². The average Bonchev–Trinajstić information content (AvgIpc) is 1.84. The van der Waals surface area contributed by atoms with E-state index in [1.165, 1.54) is 0 Å². The van der Waals surface area contributed by atoms with Crippen molar-refractivity contribution in [2.75, 3.05) is 6.54 Å². The number of hydrogen-bond acceptors (Lipinski definition) is 2. The Morgan fingerprint density at radius 1 is 1.50 bits per heavy atom. The quantitative estimate of drug-likeness (QED) is 0.630. The minimum atomic E-state index is -0.749. The monoisotopic (exact) mass is 177 g/mol. The van der Waals surface area contributed by atoms with E-state index in [-0.39, 0.29) is 17.8 Å². The Morgan fingerprint density at radius 3 is 2.25 bits per heavy atom. The number of rotatable bonds is 5. The lowest BCUT2D eigenvalue weighted by atomic mass is 9.94. The number of nitrogens with two attached hydrogens (primary N) is 1. The molecule has 0 amide bonds. The molecule has 0 spiro atoms. The van der Waals surface area contributed by atoms with E-state index in [1.807, 2.05) is 0 Å². The molecule has 0 aromatic heterocycles. The first kappa shape index (κ1) is 13.9. The molecule has 1 atom stereocenters. The van der Waals surface area contributed by atoms with Crippen LogP contribution in [0.3, 0.4) is 0 Å². The molecule has 0 aliphatic heterocycles. The molecular weight excluding hydrogens is 158 g/mol. The van der Waals surface area contributed by atoms with Gasteiger partial charge in [-0.1, -0.05) is 13.8 Å². The first-order valence-electron chi connectivity index (χ1n) is 3.98. The van der Waals surface area contributed by atoms with Gasteiger partial charge in [0.25, 0.3) is 0 Å². The van der Waals surface area contributed by atoms with Crippen molar-refractivity contribution in [3.8, 4) is 0 Å². The summed E-state index contributed by atoms with van der Waals surface area (Å²) in [6, 6.07) is 0. The van der Waals surface area contributed by atoms with Gasteiger partial charge in [0.05, 0.1) is 0 Å². The van der Waals surface area contributed by atoms with Gasteiger partial charge in [0, 0.05) is 6.42 Å². The largest absolute Gasteiger partial charge is 0.481 e. The zero-order chi connectivity index (χ0) is 8.85. The van der Waals surface area contributed by atoms with E-state index in [2.05, 4.69) is 13.8 Å². The van der Waals surface area contributed by atoms with Crippen LogP contribution in [0.5, 0.6) is 0 Å². The fourth-order valence-corrected chi connectivity index (χ4v) is 1.18. The highest BCUT2D eigenvalue weighted by molar-refractivity contribution is 5.67. The van der Waals surface area contributed by atoms with Crippen LogP contribution < -0.4 is 5.73 Å². The second kappa shape index (κ2) is 7.06. The molecule has 0 saturated carbocycles. The molecule has 0 aromatic rings. The summed E-state index contributed by atoms with van der Waals surface area (Å²) in [5, 5.41) is 8.47. The van der Waals surface area contributed by atoms with Crippen LogP contribution in [0, 0.1) is 11.8 Å². The topological polar surface area (TPSA) is 94.8 Å². The summed E-state index contributed by atoms with van der Waals surface area (Å²) >= 11 is 0.